The minimum absolute atomic E-state index is 0.0646. The summed E-state index contributed by atoms with van der Waals surface area (Å²) >= 11 is 1.95. The van der Waals surface area contributed by atoms with Gasteiger partial charge < -0.3 is 9.64 Å². The van der Waals surface area contributed by atoms with Gasteiger partial charge in [-0.3, -0.25) is 0 Å². The molecular weight excluding hydrogens is 541 g/mol. The lowest BCUT2D eigenvalue weighted by molar-refractivity contribution is 0.485. The van der Waals surface area contributed by atoms with E-state index in [1.165, 1.54) is 76.2 Å². The first-order valence-corrected chi connectivity index (χ1v) is 16.2. The predicted molar refractivity (Wildman–Crippen MR) is 184 cm³/mol. The molecule has 0 fully saturated rings. The standard InChI is InChI=1S/C39H32BNOS/c1-23-18-32-36-34(19-23)42-33-21-27-11-10-26(27)20-31(33)40(36)38-37(30-22-28(39(2,3)4)14-17-35(30)43-38)41(32)29-15-12-25(13-16-29)24-8-6-5-7-9-24/h5-9,12-22H,10-11H2,1-4H3. The first kappa shape index (κ1) is 25.2. The fourth-order valence-electron chi connectivity index (χ4n) is 7.23. The Labute approximate surface area is 257 Å². The fourth-order valence-corrected chi connectivity index (χ4v) is 8.53. The van der Waals surface area contributed by atoms with Gasteiger partial charge >= 0.3 is 0 Å². The molecule has 6 aromatic rings. The normalized spacial score (nSPS) is 14.4. The third-order valence-corrected chi connectivity index (χ3v) is 10.8. The second kappa shape index (κ2) is 8.87. The Morgan fingerprint density at radius 2 is 1.51 bits per heavy atom. The molecule has 0 radical (unpaired) electrons. The number of aryl methyl sites for hydroxylation is 3. The highest BCUT2D eigenvalue weighted by molar-refractivity contribution is 7.33. The van der Waals surface area contributed by atoms with Gasteiger partial charge in [0.05, 0.1) is 5.69 Å². The maximum absolute atomic E-state index is 6.77. The molecule has 0 bridgehead atoms. The van der Waals surface area contributed by atoms with Crippen LogP contribution in [0.25, 0.3) is 21.2 Å². The van der Waals surface area contributed by atoms with Crippen LogP contribution in [0.2, 0.25) is 0 Å². The van der Waals surface area contributed by atoms with Gasteiger partial charge in [-0.2, -0.15) is 0 Å². The largest absolute Gasteiger partial charge is 0.458 e. The highest BCUT2D eigenvalue weighted by atomic mass is 32.1. The zero-order chi connectivity index (χ0) is 29.0. The molecule has 0 atom stereocenters. The van der Waals surface area contributed by atoms with E-state index in [1.54, 1.807) is 0 Å². The lowest BCUT2D eigenvalue weighted by atomic mass is 9.36. The molecule has 3 heterocycles. The number of hydrogen-bond donors (Lipinski definition) is 0. The Morgan fingerprint density at radius 1 is 0.767 bits per heavy atom. The lowest BCUT2D eigenvalue weighted by Gasteiger charge is -2.39. The molecule has 1 aliphatic carbocycles. The third kappa shape index (κ3) is 3.72. The quantitative estimate of drug-likeness (QED) is 0.192. The molecule has 2 nitrogen and oxygen atoms in total. The van der Waals surface area contributed by atoms with Crippen molar-refractivity contribution in [3.8, 4) is 22.6 Å². The SMILES string of the molecule is Cc1cc2c3c(c1)N(c1ccc(-c4ccccc4)cc1)c1c(sc4ccc(C(C)(C)C)cc14)B3c1cc3c(cc1O2)CC3. The summed E-state index contributed by atoms with van der Waals surface area (Å²) in [6.07, 6.45) is 2.32. The molecule has 4 heteroatoms. The van der Waals surface area contributed by atoms with Crippen molar-refractivity contribution in [2.45, 2.75) is 46.0 Å². The van der Waals surface area contributed by atoms with Gasteiger partial charge in [-0.25, -0.2) is 0 Å². The van der Waals surface area contributed by atoms with Crippen molar-refractivity contribution >= 4 is 60.9 Å². The molecule has 2 aliphatic heterocycles. The predicted octanol–water partition coefficient (Wildman–Crippen LogP) is 8.68. The number of thiophene rings is 1. The highest BCUT2D eigenvalue weighted by Gasteiger charge is 2.44. The molecule has 3 aliphatic rings. The molecule has 0 N–H and O–H groups in total. The summed E-state index contributed by atoms with van der Waals surface area (Å²) < 4.78 is 9.52. The van der Waals surface area contributed by atoms with E-state index in [2.05, 4.69) is 130 Å². The van der Waals surface area contributed by atoms with Crippen LogP contribution in [0, 0.1) is 6.92 Å². The molecular formula is C39H32BNOS. The van der Waals surface area contributed by atoms with Crippen molar-refractivity contribution < 1.29 is 4.74 Å². The molecule has 208 valence electrons. The van der Waals surface area contributed by atoms with E-state index in [4.69, 9.17) is 4.74 Å². The molecule has 1 aromatic heterocycles. The van der Waals surface area contributed by atoms with E-state index in [9.17, 15) is 0 Å². The van der Waals surface area contributed by atoms with Crippen molar-refractivity contribution in [3.05, 3.63) is 119 Å². The summed E-state index contributed by atoms with van der Waals surface area (Å²) in [6.45, 7) is 9.28. The molecule has 0 saturated carbocycles. The van der Waals surface area contributed by atoms with Gasteiger partial charge in [0.2, 0.25) is 0 Å². The molecule has 0 spiro atoms. The van der Waals surface area contributed by atoms with E-state index in [-0.39, 0.29) is 12.1 Å². The summed E-state index contributed by atoms with van der Waals surface area (Å²) in [7, 11) is 0. The topological polar surface area (TPSA) is 12.5 Å². The monoisotopic (exact) mass is 573 g/mol. The Hall–Kier alpha value is -4.28. The number of benzene rings is 5. The van der Waals surface area contributed by atoms with Crippen LogP contribution in [0.5, 0.6) is 11.5 Å². The molecule has 0 amide bonds. The first-order chi connectivity index (χ1) is 20.8. The van der Waals surface area contributed by atoms with Crippen LogP contribution in [0.3, 0.4) is 0 Å². The minimum atomic E-state index is 0.0646. The summed E-state index contributed by atoms with van der Waals surface area (Å²) in [5.74, 6) is 2.03. The smallest absolute Gasteiger partial charge is 0.268 e. The van der Waals surface area contributed by atoms with Gasteiger partial charge in [-0.15, -0.1) is 11.3 Å². The average Bonchev–Trinajstić information content (AvgIpc) is 3.37. The molecule has 43 heavy (non-hydrogen) atoms. The van der Waals surface area contributed by atoms with Crippen molar-refractivity contribution in [1.82, 2.24) is 0 Å². The van der Waals surface area contributed by atoms with Gasteiger partial charge in [0.25, 0.3) is 6.71 Å². The average molecular weight is 574 g/mol. The number of fused-ring (bicyclic) bond motifs is 7. The Morgan fingerprint density at radius 3 is 2.26 bits per heavy atom. The molecule has 0 saturated heterocycles. The van der Waals surface area contributed by atoms with Crippen molar-refractivity contribution in [1.29, 1.82) is 0 Å². The van der Waals surface area contributed by atoms with E-state index < -0.39 is 0 Å². The number of hydrogen-bond acceptors (Lipinski definition) is 3. The van der Waals surface area contributed by atoms with E-state index >= 15 is 0 Å². The second-order valence-electron chi connectivity index (χ2n) is 13.4. The Bertz CT molecular complexity index is 2100. The number of rotatable bonds is 2. The van der Waals surface area contributed by atoms with Gasteiger partial charge in [0.1, 0.15) is 11.5 Å². The Balaban J connectivity index is 1.33. The van der Waals surface area contributed by atoms with Gasteiger partial charge in [-0.1, -0.05) is 75.4 Å². The van der Waals surface area contributed by atoms with E-state index in [1.807, 2.05) is 11.3 Å². The van der Waals surface area contributed by atoms with Crippen molar-refractivity contribution in [2.75, 3.05) is 4.90 Å². The summed E-state index contributed by atoms with van der Waals surface area (Å²) in [5, 5.41) is 1.34. The van der Waals surface area contributed by atoms with Crippen LogP contribution in [-0.2, 0) is 18.3 Å². The zero-order valence-corrected chi connectivity index (χ0v) is 25.8. The van der Waals surface area contributed by atoms with Crippen LogP contribution >= 0.6 is 11.3 Å². The summed E-state index contributed by atoms with van der Waals surface area (Å²) in [6, 6.07) is 36.3. The summed E-state index contributed by atoms with van der Waals surface area (Å²) in [5.41, 5.74) is 14.4. The zero-order valence-electron chi connectivity index (χ0n) is 25.0. The van der Waals surface area contributed by atoms with Crippen LogP contribution in [-0.4, -0.2) is 6.71 Å². The molecule has 5 aromatic carbocycles. The maximum atomic E-state index is 6.77. The first-order valence-electron chi connectivity index (χ1n) is 15.3. The van der Waals surface area contributed by atoms with Crippen molar-refractivity contribution in [2.24, 2.45) is 0 Å². The highest BCUT2D eigenvalue weighted by Crippen LogP contribution is 2.47. The van der Waals surface area contributed by atoms with Gasteiger partial charge in [-0.05, 0) is 112 Å². The summed E-state index contributed by atoms with van der Waals surface area (Å²) in [4.78, 5) is 2.52. The number of anilines is 3. The minimum Gasteiger partial charge on any atom is -0.458 e. The molecule has 9 rings (SSSR count). The third-order valence-electron chi connectivity index (χ3n) is 9.59. The maximum Gasteiger partial charge on any atom is 0.268 e. The second-order valence-corrected chi connectivity index (χ2v) is 14.5. The molecule has 0 unspecified atom stereocenters. The van der Waals surface area contributed by atoms with Gasteiger partial charge in [0.15, 0.2) is 0 Å². The Kier molecular flexibility index (Phi) is 5.21. The number of nitrogens with zero attached hydrogens (tertiary/aromatic N) is 1. The van der Waals surface area contributed by atoms with Crippen LogP contribution in [0.1, 0.15) is 43.0 Å². The van der Waals surface area contributed by atoms with Gasteiger partial charge in [0, 0.05) is 26.2 Å². The van der Waals surface area contributed by atoms with Crippen LogP contribution in [0.4, 0.5) is 17.1 Å². The van der Waals surface area contributed by atoms with E-state index in [0.29, 0.717) is 0 Å². The van der Waals surface area contributed by atoms with Crippen LogP contribution < -0.4 is 25.3 Å². The fraction of sp³-hybridized carbons (Fsp3) is 0.179. The van der Waals surface area contributed by atoms with Crippen molar-refractivity contribution in [3.63, 3.8) is 0 Å². The number of ether oxygens (including phenoxy) is 1. The van der Waals surface area contributed by atoms with Crippen LogP contribution in [0.15, 0.2) is 97.1 Å². The van der Waals surface area contributed by atoms with E-state index in [0.717, 1.165) is 24.3 Å². The lowest BCUT2D eigenvalue weighted by Crippen LogP contribution is -2.58.